The molecular weight excluding hydrogens is 412 g/mol. The molecule has 1 atom stereocenters. The second kappa shape index (κ2) is 25.6. The van der Waals surface area contributed by atoms with Gasteiger partial charge in [0.1, 0.15) is 0 Å². The Kier molecular flexibility index (Phi) is 24.7. The molecule has 0 spiro atoms. The fraction of sp³-hybridized carbons (Fsp3) is 0.931. The molecule has 0 bridgehead atoms. The number of unbranched alkanes of at least 4 members (excludes halogenated alkanes) is 13. The lowest BCUT2D eigenvalue weighted by Gasteiger charge is -2.14. The van der Waals surface area contributed by atoms with Crippen LogP contribution in [0.4, 0.5) is 0 Å². The maximum absolute atomic E-state index is 11.9. The Balaban J connectivity index is 3.50. The molecule has 196 valence electrons. The molecule has 0 aromatic heterocycles. The minimum atomic E-state index is -0.0219. The minimum Gasteiger partial charge on any atom is -0.466 e. The highest BCUT2D eigenvalue weighted by Crippen LogP contribution is 2.20. The topological polar surface area (TPSA) is 52.6 Å². The zero-order valence-electron chi connectivity index (χ0n) is 22.5. The molecule has 33 heavy (non-hydrogen) atoms. The summed E-state index contributed by atoms with van der Waals surface area (Å²) in [4.78, 5) is 23.7. The van der Waals surface area contributed by atoms with Crippen molar-refractivity contribution in [1.82, 2.24) is 0 Å². The van der Waals surface area contributed by atoms with Crippen molar-refractivity contribution in [2.45, 2.75) is 156 Å². The quantitative estimate of drug-likeness (QED) is 0.0991. The third-order valence-electron chi connectivity index (χ3n) is 6.60. The highest BCUT2D eigenvalue weighted by atomic mass is 16.5. The van der Waals surface area contributed by atoms with Gasteiger partial charge in [0.25, 0.3) is 0 Å². The van der Waals surface area contributed by atoms with Crippen LogP contribution in [0.1, 0.15) is 156 Å². The lowest BCUT2D eigenvalue weighted by Crippen LogP contribution is -2.09. The number of carbonyl (C=O) groups is 2. The Hall–Kier alpha value is -1.06. The van der Waals surface area contributed by atoms with E-state index in [-0.39, 0.29) is 11.9 Å². The largest absolute Gasteiger partial charge is 0.466 e. The SMILES string of the molecule is CCCCCCCOC(=O)CCCCCCCCC(CC)CCC(=O)OCCCCCCC. The van der Waals surface area contributed by atoms with Crippen LogP contribution in [0.25, 0.3) is 0 Å². The van der Waals surface area contributed by atoms with Crippen molar-refractivity contribution in [3.8, 4) is 0 Å². The van der Waals surface area contributed by atoms with Crippen molar-refractivity contribution in [3.05, 3.63) is 0 Å². The summed E-state index contributed by atoms with van der Waals surface area (Å²) >= 11 is 0. The summed E-state index contributed by atoms with van der Waals surface area (Å²) in [6.07, 6.45) is 23.4. The fourth-order valence-corrected chi connectivity index (χ4v) is 4.21. The van der Waals surface area contributed by atoms with Gasteiger partial charge >= 0.3 is 11.9 Å². The first kappa shape index (κ1) is 31.9. The van der Waals surface area contributed by atoms with Gasteiger partial charge in [-0.15, -0.1) is 0 Å². The predicted octanol–water partition coefficient (Wildman–Crippen LogP) is 8.94. The van der Waals surface area contributed by atoms with Gasteiger partial charge in [-0.2, -0.15) is 0 Å². The molecule has 1 unspecified atom stereocenters. The van der Waals surface area contributed by atoms with E-state index < -0.39 is 0 Å². The van der Waals surface area contributed by atoms with E-state index in [4.69, 9.17) is 9.47 Å². The molecule has 0 aliphatic heterocycles. The van der Waals surface area contributed by atoms with E-state index in [2.05, 4.69) is 20.8 Å². The first-order valence-corrected chi connectivity index (χ1v) is 14.4. The van der Waals surface area contributed by atoms with Crippen LogP contribution < -0.4 is 0 Å². The van der Waals surface area contributed by atoms with Gasteiger partial charge in [-0.1, -0.05) is 117 Å². The number of esters is 2. The number of hydrogen-bond acceptors (Lipinski definition) is 4. The molecule has 0 saturated heterocycles. The van der Waals surface area contributed by atoms with Crippen molar-refractivity contribution < 1.29 is 19.1 Å². The van der Waals surface area contributed by atoms with Gasteiger partial charge in [-0.3, -0.25) is 9.59 Å². The number of rotatable bonds is 25. The Morgan fingerprint density at radius 2 is 0.970 bits per heavy atom. The van der Waals surface area contributed by atoms with Crippen molar-refractivity contribution >= 4 is 11.9 Å². The summed E-state index contributed by atoms with van der Waals surface area (Å²) in [6.45, 7) is 7.84. The van der Waals surface area contributed by atoms with E-state index >= 15 is 0 Å². The average Bonchev–Trinajstić information content (AvgIpc) is 2.82. The second-order valence-corrected chi connectivity index (χ2v) is 9.74. The Bertz CT molecular complexity index is 435. The van der Waals surface area contributed by atoms with Crippen molar-refractivity contribution in [1.29, 1.82) is 0 Å². The monoisotopic (exact) mass is 468 g/mol. The third-order valence-corrected chi connectivity index (χ3v) is 6.60. The van der Waals surface area contributed by atoms with Crippen LogP contribution in [0.2, 0.25) is 0 Å². The molecule has 0 radical (unpaired) electrons. The zero-order valence-corrected chi connectivity index (χ0v) is 22.5. The van der Waals surface area contributed by atoms with Crippen LogP contribution in [-0.2, 0) is 19.1 Å². The molecule has 0 amide bonds. The Morgan fingerprint density at radius 1 is 0.515 bits per heavy atom. The van der Waals surface area contributed by atoms with Crippen LogP contribution in [-0.4, -0.2) is 25.2 Å². The summed E-state index contributed by atoms with van der Waals surface area (Å²) in [5.74, 6) is 0.601. The maximum atomic E-state index is 11.9. The zero-order chi connectivity index (χ0) is 24.4. The van der Waals surface area contributed by atoms with Crippen molar-refractivity contribution in [2.24, 2.45) is 5.92 Å². The molecular formula is C29H56O4. The van der Waals surface area contributed by atoms with Gasteiger partial charge in [-0.25, -0.2) is 0 Å². The van der Waals surface area contributed by atoms with Gasteiger partial charge in [-0.05, 0) is 31.6 Å². The smallest absolute Gasteiger partial charge is 0.305 e. The Labute approximate surface area is 206 Å². The molecule has 0 heterocycles. The summed E-state index contributed by atoms with van der Waals surface area (Å²) in [5.41, 5.74) is 0. The van der Waals surface area contributed by atoms with Crippen LogP contribution in [0.3, 0.4) is 0 Å². The molecule has 0 saturated carbocycles. The standard InChI is InChI=1S/C29H56O4/c1-4-7-9-15-19-25-32-28(30)22-18-14-12-11-13-17-21-27(6-3)23-24-29(31)33-26-20-16-10-8-5-2/h27H,4-26H2,1-3H3. The average molecular weight is 469 g/mol. The van der Waals surface area contributed by atoms with E-state index in [0.717, 1.165) is 38.5 Å². The summed E-state index contributed by atoms with van der Waals surface area (Å²) in [5, 5.41) is 0. The van der Waals surface area contributed by atoms with Crippen LogP contribution >= 0.6 is 0 Å². The fourth-order valence-electron chi connectivity index (χ4n) is 4.21. The molecule has 4 nitrogen and oxygen atoms in total. The lowest BCUT2D eigenvalue weighted by atomic mass is 9.93. The third kappa shape index (κ3) is 23.9. The normalized spacial score (nSPS) is 12.0. The van der Waals surface area contributed by atoms with E-state index in [1.54, 1.807) is 0 Å². The maximum Gasteiger partial charge on any atom is 0.305 e. The molecule has 0 aliphatic carbocycles. The molecule has 0 N–H and O–H groups in total. The lowest BCUT2D eigenvalue weighted by molar-refractivity contribution is -0.145. The number of ether oxygens (including phenoxy) is 2. The van der Waals surface area contributed by atoms with E-state index in [1.807, 2.05) is 0 Å². The molecule has 0 fully saturated rings. The van der Waals surface area contributed by atoms with Crippen molar-refractivity contribution in [3.63, 3.8) is 0 Å². The molecule has 4 heteroatoms. The highest BCUT2D eigenvalue weighted by Gasteiger charge is 2.10. The van der Waals surface area contributed by atoms with Gasteiger partial charge < -0.3 is 9.47 Å². The summed E-state index contributed by atoms with van der Waals surface area (Å²) < 4.78 is 10.7. The van der Waals surface area contributed by atoms with Crippen LogP contribution in [0.15, 0.2) is 0 Å². The first-order chi connectivity index (χ1) is 16.1. The number of hydrogen-bond donors (Lipinski definition) is 0. The first-order valence-electron chi connectivity index (χ1n) is 14.4. The van der Waals surface area contributed by atoms with Gasteiger partial charge in [0, 0.05) is 12.8 Å². The molecule has 0 rings (SSSR count). The van der Waals surface area contributed by atoms with Crippen molar-refractivity contribution in [2.75, 3.05) is 13.2 Å². The van der Waals surface area contributed by atoms with Gasteiger partial charge in [0.15, 0.2) is 0 Å². The summed E-state index contributed by atoms with van der Waals surface area (Å²) in [6, 6.07) is 0. The van der Waals surface area contributed by atoms with Gasteiger partial charge in [0.2, 0.25) is 0 Å². The summed E-state index contributed by atoms with van der Waals surface area (Å²) in [7, 11) is 0. The predicted molar refractivity (Wildman–Crippen MR) is 139 cm³/mol. The number of carbonyl (C=O) groups excluding carboxylic acids is 2. The molecule has 0 aromatic carbocycles. The van der Waals surface area contributed by atoms with Crippen LogP contribution in [0, 0.1) is 5.92 Å². The molecule has 0 aromatic rings. The second-order valence-electron chi connectivity index (χ2n) is 9.74. The van der Waals surface area contributed by atoms with E-state index in [0.29, 0.717) is 32.0 Å². The van der Waals surface area contributed by atoms with Gasteiger partial charge in [0.05, 0.1) is 13.2 Å². The molecule has 0 aliphatic rings. The highest BCUT2D eigenvalue weighted by molar-refractivity contribution is 5.69. The Morgan fingerprint density at radius 3 is 1.52 bits per heavy atom. The van der Waals surface area contributed by atoms with E-state index in [1.165, 1.54) is 83.5 Å². The minimum absolute atomic E-state index is 0.0149. The van der Waals surface area contributed by atoms with Crippen LogP contribution in [0.5, 0.6) is 0 Å². The van der Waals surface area contributed by atoms with E-state index in [9.17, 15) is 9.59 Å².